The third-order valence-electron chi connectivity index (χ3n) is 5.07. The highest BCUT2D eigenvalue weighted by Crippen LogP contribution is 2.34. The molecule has 0 radical (unpaired) electrons. The average Bonchev–Trinajstić information content (AvgIpc) is 2.96. The number of hydrogen-bond donors (Lipinski definition) is 2. The number of amides is 1. The highest BCUT2D eigenvalue weighted by atomic mass is 16.1. The van der Waals surface area contributed by atoms with E-state index >= 15 is 0 Å². The van der Waals surface area contributed by atoms with E-state index in [0.29, 0.717) is 18.0 Å². The minimum atomic E-state index is 0.193. The van der Waals surface area contributed by atoms with E-state index in [1.54, 1.807) is 0 Å². The predicted octanol–water partition coefficient (Wildman–Crippen LogP) is 2.83. The summed E-state index contributed by atoms with van der Waals surface area (Å²) in [4.78, 5) is 12.5. The quantitative estimate of drug-likeness (QED) is 0.897. The molecular formula is C18H26N2O. The molecule has 21 heavy (non-hydrogen) atoms. The highest BCUT2D eigenvalue weighted by molar-refractivity contribution is 5.79. The predicted molar refractivity (Wildman–Crippen MR) is 85.2 cm³/mol. The fraction of sp³-hybridized carbons (Fsp3) is 0.611. The van der Waals surface area contributed by atoms with Crippen LogP contribution in [0.2, 0.25) is 0 Å². The Kier molecular flexibility index (Phi) is 4.59. The van der Waals surface area contributed by atoms with E-state index in [0.717, 1.165) is 25.8 Å². The van der Waals surface area contributed by atoms with E-state index in [1.807, 2.05) is 0 Å². The van der Waals surface area contributed by atoms with E-state index < -0.39 is 0 Å². The van der Waals surface area contributed by atoms with E-state index in [1.165, 1.54) is 18.4 Å². The Morgan fingerprint density at radius 3 is 2.76 bits per heavy atom. The van der Waals surface area contributed by atoms with Crippen LogP contribution in [0.4, 0.5) is 0 Å². The molecule has 114 valence electrons. The monoisotopic (exact) mass is 286 g/mol. The van der Waals surface area contributed by atoms with E-state index in [2.05, 4.69) is 47.9 Å². The van der Waals surface area contributed by atoms with Crippen LogP contribution in [0.25, 0.3) is 0 Å². The van der Waals surface area contributed by atoms with E-state index in [9.17, 15) is 4.79 Å². The Morgan fingerprint density at radius 1 is 1.19 bits per heavy atom. The molecular weight excluding hydrogens is 260 g/mol. The molecule has 2 fully saturated rings. The Hall–Kier alpha value is -1.35. The van der Waals surface area contributed by atoms with Crippen molar-refractivity contribution in [1.29, 1.82) is 0 Å². The molecule has 1 saturated carbocycles. The van der Waals surface area contributed by atoms with Crippen molar-refractivity contribution >= 4 is 5.91 Å². The molecule has 0 bridgehead atoms. The molecule has 4 atom stereocenters. The fourth-order valence-electron chi connectivity index (χ4n) is 3.90. The maximum absolute atomic E-state index is 12.5. The summed E-state index contributed by atoms with van der Waals surface area (Å²) in [6.07, 6.45) is 5.46. The Bertz CT molecular complexity index is 473. The number of piperidine rings is 1. The van der Waals surface area contributed by atoms with Crippen molar-refractivity contribution in [3.8, 4) is 0 Å². The van der Waals surface area contributed by atoms with Gasteiger partial charge in [0.05, 0.1) is 0 Å². The third-order valence-corrected chi connectivity index (χ3v) is 5.07. The van der Waals surface area contributed by atoms with Crippen molar-refractivity contribution in [3.05, 3.63) is 35.9 Å². The summed E-state index contributed by atoms with van der Waals surface area (Å²) < 4.78 is 0. The first-order chi connectivity index (χ1) is 10.2. The standard InChI is InChI=1S/C18H26N2O/c1-13-12-15(10-11-19-13)18(21)20-17-9-5-8-16(17)14-6-3-2-4-7-14/h2-4,6-7,13,15-17,19H,5,8-12H2,1H3,(H,20,21)/t13-,15-,16?,17?/m0/s1. The highest BCUT2D eigenvalue weighted by Gasteiger charge is 2.32. The Morgan fingerprint density at radius 2 is 2.00 bits per heavy atom. The SMILES string of the molecule is C[C@H]1C[C@@H](C(=O)NC2CCCC2c2ccccc2)CCN1. The third kappa shape index (κ3) is 3.46. The van der Waals surface area contributed by atoms with Crippen LogP contribution in [-0.2, 0) is 4.79 Å². The lowest BCUT2D eigenvalue weighted by atomic mass is 9.90. The second-order valence-electron chi connectivity index (χ2n) is 6.64. The van der Waals surface area contributed by atoms with Crippen LogP contribution in [0.3, 0.4) is 0 Å². The van der Waals surface area contributed by atoms with Crippen LogP contribution in [0.15, 0.2) is 30.3 Å². The molecule has 1 aliphatic carbocycles. The number of hydrogen-bond acceptors (Lipinski definition) is 2. The largest absolute Gasteiger partial charge is 0.353 e. The number of rotatable bonds is 3. The minimum Gasteiger partial charge on any atom is -0.353 e. The lowest BCUT2D eigenvalue weighted by molar-refractivity contribution is -0.126. The van der Waals surface area contributed by atoms with Gasteiger partial charge in [-0.3, -0.25) is 4.79 Å². The maximum Gasteiger partial charge on any atom is 0.223 e. The first-order valence-corrected chi connectivity index (χ1v) is 8.32. The van der Waals surface area contributed by atoms with Crippen LogP contribution in [0.5, 0.6) is 0 Å². The van der Waals surface area contributed by atoms with Gasteiger partial charge in [-0.2, -0.15) is 0 Å². The molecule has 3 rings (SSSR count). The zero-order chi connectivity index (χ0) is 14.7. The van der Waals surface area contributed by atoms with Gasteiger partial charge in [-0.1, -0.05) is 36.8 Å². The van der Waals surface area contributed by atoms with Crippen LogP contribution in [0.1, 0.15) is 50.5 Å². The molecule has 1 heterocycles. The van der Waals surface area contributed by atoms with Crippen molar-refractivity contribution in [2.75, 3.05) is 6.54 Å². The number of carbonyl (C=O) groups is 1. The molecule has 3 heteroatoms. The number of benzene rings is 1. The molecule has 3 nitrogen and oxygen atoms in total. The van der Waals surface area contributed by atoms with Crippen LogP contribution >= 0.6 is 0 Å². The maximum atomic E-state index is 12.5. The normalized spacial score (nSPS) is 32.8. The lowest BCUT2D eigenvalue weighted by Crippen LogP contribution is -2.45. The summed E-state index contributed by atoms with van der Waals surface area (Å²) in [5, 5.41) is 6.77. The summed E-state index contributed by atoms with van der Waals surface area (Å²) in [6, 6.07) is 11.4. The van der Waals surface area contributed by atoms with Gasteiger partial charge < -0.3 is 10.6 Å². The van der Waals surface area contributed by atoms with Crippen molar-refractivity contribution in [3.63, 3.8) is 0 Å². The van der Waals surface area contributed by atoms with Gasteiger partial charge in [0, 0.05) is 23.9 Å². The zero-order valence-corrected chi connectivity index (χ0v) is 12.8. The Labute approximate surface area is 127 Å². The summed E-state index contributed by atoms with van der Waals surface area (Å²) in [5.41, 5.74) is 1.37. The minimum absolute atomic E-state index is 0.193. The fourth-order valence-corrected chi connectivity index (χ4v) is 3.90. The van der Waals surface area contributed by atoms with Gasteiger partial charge in [0.2, 0.25) is 5.91 Å². The van der Waals surface area contributed by atoms with Crippen molar-refractivity contribution in [2.45, 2.75) is 57.0 Å². The smallest absolute Gasteiger partial charge is 0.223 e. The topological polar surface area (TPSA) is 41.1 Å². The second kappa shape index (κ2) is 6.61. The summed E-state index contributed by atoms with van der Waals surface area (Å²) in [6.45, 7) is 3.13. The van der Waals surface area contributed by atoms with Gasteiger partial charge >= 0.3 is 0 Å². The lowest BCUT2D eigenvalue weighted by Gasteiger charge is -2.29. The average molecular weight is 286 g/mol. The van der Waals surface area contributed by atoms with Gasteiger partial charge in [-0.15, -0.1) is 0 Å². The van der Waals surface area contributed by atoms with E-state index in [-0.39, 0.29) is 11.8 Å². The first-order valence-electron chi connectivity index (χ1n) is 8.32. The van der Waals surface area contributed by atoms with Gasteiger partial charge in [-0.05, 0) is 44.7 Å². The van der Waals surface area contributed by atoms with Gasteiger partial charge in [0.15, 0.2) is 0 Å². The molecule has 2 aliphatic rings. The molecule has 2 N–H and O–H groups in total. The second-order valence-corrected chi connectivity index (χ2v) is 6.64. The first kappa shape index (κ1) is 14.6. The molecule has 1 aromatic carbocycles. The molecule has 1 saturated heterocycles. The van der Waals surface area contributed by atoms with Crippen LogP contribution in [0, 0.1) is 5.92 Å². The van der Waals surface area contributed by atoms with Crippen molar-refractivity contribution in [1.82, 2.24) is 10.6 Å². The molecule has 1 amide bonds. The van der Waals surface area contributed by atoms with E-state index in [4.69, 9.17) is 0 Å². The van der Waals surface area contributed by atoms with Crippen LogP contribution < -0.4 is 10.6 Å². The molecule has 2 unspecified atom stereocenters. The van der Waals surface area contributed by atoms with Gasteiger partial charge in [-0.25, -0.2) is 0 Å². The molecule has 1 aromatic rings. The number of nitrogens with one attached hydrogen (secondary N) is 2. The van der Waals surface area contributed by atoms with Crippen molar-refractivity contribution in [2.24, 2.45) is 5.92 Å². The number of carbonyl (C=O) groups excluding carboxylic acids is 1. The van der Waals surface area contributed by atoms with Crippen LogP contribution in [-0.4, -0.2) is 24.5 Å². The Balaban J connectivity index is 1.62. The molecule has 0 aromatic heterocycles. The summed E-state index contributed by atoms with van der Waals surface area (Å²) >= 11 is 0. The zero-order valence-electron chi connectivity index (χ0n) is 12.8. The van der Waals surface area contributed by atoms with Gasteiger partial charge in [0.25, 0.3) is 0 Å². The summed E-state index contributed by atoms with van der Waals surface area (Å²) in [7, 11) is 0. The molecule has 1 aliphatic heterocycles. The summed E-state index contributed by atoms with van der Waals surface area (Å²) in [5.74, 6) is 0.962. The van der Waals surface area contributed by atoms with Crippen molar-refractivity contribution < 1.29 is 4.79 Å². The molecule has 0 spiro atoms. The van der Waals surface area contributed by atoms with Gasteiger partial charge in [0.1, 0.15) is 0 Å².